The van der Waals surface area contributed by atoms with E-state index in [-0.39, 0.29) is 6.85 Å². The highest BCUT2D eigenvalue weighted by molar-refractivity contribution is 6.90. The molecule has 10 aromatic rings. The standard InChI is InChI=1S/C54H41BN2O/c1-30-23-32(3)49(33(4)24-30)36-13-11-14-38(27-36)56-47-28-37(50-34(5)25-31(2)26-35(50)6)21-22-45(47)55-51-43(29-44-40-16-8-10-20-48(40)58-54(44)53(51)56)42-18-12-17-41-39-15-7-9-19-46(39)57(55)52(41)42/h7-29H,1-6H3. The monoisotopic (exact) mass is 744 g/mol. The number of aromatic nitrogens is 1. The summed E-state index contributed by atoms with van der Waals surface area (Å²) in [6.07, 6.45) is 0. The minimum Gasteiger partial charge on any atom is -0.454 e. The van der Waals surface area contributed by atoms with Gasteiger partial charge in [-0.15, -0.1) is 0 Å². The second kappa shape index (κ2) is 11.9. The van der Waals surface area contributed by atoms with Crippen molar-refractivity contribution in [2.75, 3.05) is 4.90 Å². The molecule has 276 valence electrons. The molecule has 2 aliphatic heterocycles. The number of hydrogen-bond acceptors (Lipinski definition) is 2. The van der Waals surface area contributed by atoms with Crippen molar-refractivity contribution in [3.8, 4) is 33.4 Å². The number of anilines is 3. The van der Waals surface area contributed by atoms with Gasteiger partial charge in [-0.3, -0.25) is 0 Å². The molecule has 0 saturated carbocycles. The highest BCUT2D eigenvalue weighted by Gasteiger charge is 2.44. The second-order valence-electron chi connectivity index (χ2n) is 16.9. The molecule has 4 heteroatoms. The van der Waals surface area contributed by atoms with Crippen LogP contribution in [0.25, 0.3) is 77.1 Å². The van der Waals surface area contributed by atoms with Crippen LogP contribution in [0, 0.1) is 41.5 Å². The van der Waals surface area contributed by atoms with Gasteiger partial charge in [0.05, 0.1) is 5.69 Å². The van der Waals surface area contributed by atoms with Crippen molar-refractivity contribution in [1.29, 1.82) is 0 Å². The van der Waals surface area contributed by atoms with Gasteiger partial charge in [0.1, 0.15) is 5.58 Å². The third-order valence-corrected chi connectivity index (χ3v) is 13.1. The van der Waals surface area contributed by atoms with Crippen molar-refractivity contribution < 1.29 is 4.42 Å². The highest BCUT2D eigenvalue weighted by Crippen LogP contribution is 2.50. The van der Waals surface area contributed by atoms with Gasteiger partial charge in [-0.05, 0) is 139 Å². The molecule has 2 aliphatic rings. The SMILES string of the molecule is Cc1cc(C)c(-c2cccc(N3c4cc(-c5c(C)cc(C)cc5C)ccc4B4c5c(cc6c(oc7ccccc76)c53)-c3cccc5c6ccccc6n4c35)c2)c(C)c1. The Morgan fingerprint density at radius 2 is 1.14 bits per heavy atom. The van der Waals surface area contributed by atoms with Gasteiger partial charge in [0.25, 0.3) is 0 Å². The fourth-order valence-corrected chi connectivity index (χ4v) is 11.1. The first-order valence-electron chi connectivity index (χ1n) is 20.5. The van der Waals surface area contributed by atoms with E-state index in [0.717, 1.165) is 33.3 Å². The number of benzene rings is 8. The summed E-state index contributed by atoms with van der Waals surface area (Å²) < 4.78 is 9.73. The average Bonchev–Trinajstić information content (AvgIpc) is 3.75. The molecule has 0 saturated heterocycles. The van der Waals surface area contributed by atoms with E-state index in [1.807, 2.05) is 0 Å². The molecule has 4 heterocycles. The molecule has 8 aromatic carbocycles. The van der Waals surface area contributed by atoms with E-state index in [0.29, 0.717) is 0 Å². The Bertz CT molecular complexity index is 3390. The van der Waals surface area contributed by atoms with Crippen molar-refractivity contribution in [2.24, 2.45) is 0 Å². The predicted molar refractivity (Wildman–Crippen MR) is 247 cm³/mol. The normalized spacial score (nSPS) is 12.9. The zero-order chi connectivity index (χ0) is 39.1. The lowest BCUT2D eigenvalue weighted by Crippen LogP contribution is -2.56. The van der Waals surface area contributed by atoms with Crippen LogP contribution in [-0.2, 0) is 0 Å². The van der Waals surface area contributed by atoms with Crippen molar-refractivity contribution in [3.63, 3.8) is 0 Å². The third kappa shape index (κ3) is 4.46. The topological polar surface area (TPSA) is 21.3 Å². The molecule has 0 spiro atoms. The van der Waals surface area contributed by atoms with Crippen LogP contribution in [0.3, 0.4) is 0 Å². The summed E-state index contributed by atoms with van der Waals surface area (Å²) in [4.78, 5) is 2.54. The third-order valence-electron chi connectivity index (χ3n) is 13.1. The molecule has 0 amide bonds. The Labute approximate surface area is 338 Å². The summed E-state index contributed by atoms with van der Waals surface area (Å²) in [5.74, 6) is 0. The highest BCUT2D eigenvalue weighted by atomic mass is 16.3. The van der Waals surface area contributed by atoms with Gasteiger partial charge in [-0.2, -0.15) is 0 Å². The average molecular weight is 745 g/mol. The summed E-state index contributed by atoms with van der Waals surface area (Å²) in [5.41, 5.74) is 25.6. The molecule has 2 aromatic heterocycles. The minimum absolute atomic E-state index is 0.0785. The maximum atomic E-state index is 7.10. The molecular formula is C54H41BN2O. The molecule has 0 atom stereocenters. The van der Waals surface area contributed by atoms with Gasteiger partial charge in [0, 0.05) is 49.5 Å². The lowest BCUT2D eigenvalue weighted by atomic mass is 9.45. The van der Waals surface area contributed by atoms with Crippen LogP contribution in [0.1, 0.15) is 33.4 Å². The zero-order valence-electron chi connectivity index (χ0n) is 33.7. The van der Waals surface area contributed by atoms with Crippen molar-refractivity contribution in [1.82, 2.24) is 4.48 Å². The summed E-state index contributed by atoms with van der Waals surface area (Å²) in [7, 11) is 0. The molecule has 0 fully saturated rings. The lowest BCUT2D eigenvalue weighted by molar-refractivity contribution is 0.669. The van der Waals surface area contributed by atoms with Gasteiger partial charge < -0.3 is 13.8 Å². The molecule has 12 rings (SSSR count). The molecule has 0 N–H and O–H groups in total. The van der Waals surface area contributed by atoms with E-state index < -0.39 is 0 Å². The summed E-state index contributed by atoms with van der Waals surface area (Å²) >= 11 is 0. The summed E-state index contributed by atoms with van der Waals surface area (Å²) in [5, 5.41) is 4.85. The van der Waals surface area contributed by atoms with Crippen LogP contribution in [0.4, 0.5) is 17.1 Å². The Balaban J connectivity index is 1.26. The van der Waals surface area contributed by atoms with Crippen LogP contribution >= 0.6 is 0 Å². The van der Waals surface area contributed by atoms with E-state index in [2.05, 4.69) is 190 Å². The van der Waals surface area contributed by atoms with E-state index in [1.54, 1.807) is 0 Å². The molecule has 58 heavy (non-hydrogen) atoms. The van der Waals surface area contributed by atoms with E-state index in [4.69, 9.17) is 4.42 Å². The zero-order valence-corrected chi connectivity index (χ0v) is 33.7. The molecule has 0 bridgehead atoms. The maximum Gasteiger partial charge on any atom is 0.333 e. The predicted octanol–water partition coefficient (Wildman–Crippen LogP) is 13.3. The first-order valence-corrected chi connectivity index (χ1v) is 20.5. The minimum atomic E-state index is -0.0785. The Kier molecular flexibility index (Phi) is 6.83. The number of para-hydroxylation sites is 3. The molecule has 3 nitrogen and oxygen atoms in total. The van der Waals surface area contributed by atoms with Crippen LogP contribution in [0.2, 0.25) is 0 Å². The number of aryl methyl sites for hydroxylation is 6. The summed E-state index contributed by atoms with van der Waals surface area (Å²) in [6, 6.07) is 52.5. The second-order valence-corrected chi connectivity index (χ2v) is 16.9. The molecule has 0 unspecified atom stereocenters. The van der Waals surface area contributed by atoms with E-state index >= 15 is 0 Å². The number of nitrogens with zero attached hydrogens (tertiary/aromatic N) is 2. The lowest BCUT2D eigenvalue weighted by Gasteiger charge is -2.40. The fraction of sp³-hybridized carbons (Fsp3) is 0.111. The van der Waals surface area contributed by atoms with Crippen molar-refractivity contribution in [2.45, 2.75) is 41.5 Å². The van der Waals surface area contributed by atoms with E-state index in [1.165, 1.54) is 105 Å². The van der Waals surface area contributed by atoms with Crippen LogP contribution in [-0.4, -0.2) is 11.3 Å². The smallest absolute Gasteiger partial charge is 0.333 e. The Hall–Kier alpha value is -6.78. The molecule has 0 aliphatic carbocycles. The van der Waals surface area contributed by atoms with Crippen molar-refractivity contribution >= 4 is 78.6 Å². The maximum absolute atomic E-state index is 7.10. The van der Waals surface area contributed by atoms with Crippen molar-refractivity contribution in [3.05, 3.63) is 173 Å². The first kappa shape index (κ1) is 33.4. The number of rotatable bonds is 3. The first-order chi connectivity index (χ1) is 28.2. The summed E-state index contributed by atoms with van der Waals surface area (Å²) in [6.45, 7) is 13.3. The molecular weight excluding hydrogens is 703 g/mol. The molecule has 0 radical (unpaired) electrons. The Morgan fingerprint density at radius 3 is 1.88 bits per heavy atom. The van der Waals surface area contributed by atoms with Crippen LogP contribution < -0.4 is 15.8 Å². The van der Waals surface area contributed by atoms with Gasteiger partial charge >= 0.3 is 6.85 Å². The fourth-order valence-electron chi connectivity index (χ4n) is 11.1. The van der Waals surface area contributed by atoms with Gasteiger partial charge in [0.15, 0.2) is 5.58 Å². The van der Waals surface area contributed by atoms with Crippen LogP contribution in [0.5, 0.6) is 0 Å². The Morgan fingerprint density at radius 1 is 0.500 bits per heavy atom. The quantitative estimate of drug-likeness (QED) is 0.168. The largest absolute Gasteiger partial charge is 0.454 e. The van der Waals surface area contributed by atoms with Gasteiger partial charge in [0.2, 0.25) is 0 Å². The number of furan rings is 1. The number of fused-ring (bicyclic) bond motifs is 11. The van der Waals surface area contributed by atoms with Crippen LogP contribution in [0.15, 0.2) is 144 Å². The van der Waals surface area contributed by atoms with Gasteiger partial charge in [-0.1, -0.05) is 114 Å². The van der Waals surface area contributed by atoms with Gasteiger partial charge in [-0.25, -0.2) is 0 Å². The van der Waals surface area contributed by atoms with E-state index in [9.17, 15) is 0 Å². The number of hydrogen-bond donors (Lipinski definition) is 0.